The topological polar surface area (TPSA) is 111 Å². The van der Waals surface area contributed by atoms with E-state index in [0.717, 1.165) is 16.8 Å². The summed E-state index contributed by atoms with van der Waals surface area (Å²) < 4.78 is 12.2. The van der Waals surface area contributed by atoms with Crippen LogP contribution in [-0.4, -0.2) is 52.1 Å². The van der Waals surface area contributed by atoms with Gasteiger partial charge in [-0.15, -0.1) is 10.2 Å². The van der Waals surface area contributed by atoms with Crippen LogP contribution in [0.1, 0.15) is 35.2 Å². The Labute approximate surface area is 189 Å². The lowest BCUT2D eigenvalue weighted by Crippen LogP contribution is -2.28. The fraction of sp³-hybridized carbons (Fsp3) is 0.273. The minimum Gasteiger partial charge on any atom is -0.497 e. The first-order chi connectivity index (χ1) is 15.5. The van der Waals surface area contributed by atoms with Crippen LogP contribution >= 0.6 is 11.6 Å². The summed E-state index contributed by atoms with van der Waals surface area (Å²) in [6.07, 6.45) is 0.0230. The summed E-state index contributed by atoms with van der Waals surface area (Å²) in [5.74, 6) is 1.61. The van der Waals surface area contributed by atoms with Crippen LogP contribution in [0.5, 0.6) is 5.75 Å². The summed E-state index contributed by atoms with van der Waals surface area (Å²) in [5.41, 5.74) is 3.19. The molecule has 1 aromatic heterocycles. The number of hydrogen-bond donors (Lipinski definition) is 2. The Morgan fingerprint density at radius 3 is 2.72 bits per heavy atom. The normalized spacial score (nSPS) is 14.8. The predicted molar refractivity (Wildman–Crippen MR) is 118 cm³/mol. The Balaban J connectivity index is 1.86. The Kier molecular flexibility index (Phi) is 6.50. The number of aliphatic hydroxyl groups is 1. The van der Waals surface area contributed by atoms with Gasteiger partial charge in [-0.1, -0.05) is 23.7 Å². The highest BCUT2D eigenvalue weighted by molar-refractivity contribution is 6.30. The number of fused-ring (bicyclic) bond motifs is 3. The average molecular weight is 456 g/mol. The van der Waals surface area contributed by atoms with Gasteiger partial charge in [0.2, 0.25) is 5.91 Å². The maximum absolute atomic E-state index is 12.5. The maximum Gasteiger partial charge on any atom is 0.224 e. The van der Waals surface area contributed by atoms with Crippen molar-refractivity contribution in [1.82, 2.24) is 20.1 Å². The molecular formula is C22H22ClN5O4. The van der Waals surface area contributed by atoms with Gasteiger partial charge < -0.3 is 19.9 Å². The summed E-state index contributed by atoms with van der Waals surface area (Å²) in [6.45, 7) is 1.27. The van der Waals surface area contributed by atoms with Crippen molar-refractivity contribution in [3.05, 3.63) is 70.3 Å². The molecule has 10 heteroatoms. The summed E-state index contributed by atoms with van der Waals surface area (Å²) >= 11 is 6.10. The molecule has 0 spiro atoms. The van der Waals surface area contributed by atoms with Crippen LogP contribution in [0.15, 0.2) is 47.5 Å². The van der Waals surface area contributed by atoms with Crippen LogP contribution in [-0.2, 0) is 9.53 Å². The molecule has 0 aliphatic carbocycles. The second-order valence-corrected chi connectivity index (χ2v) is 7.54. The van der Waals surface area contributed by atoms with Crippen molar-refractivity contribution >= 4 is 23.2 Å². The number of aliphatic imine (C=N–C) groups is 1. The van der Waals surface area contributed by atoms with E-state index >= 15 is 0 Å². The van der Waals surface area contributed by atoms with Crippen molar-refractivity contribution in [2.24, 2.45) is 4.99 Å². The van der Waals surface area contributed by atoms with Crippen LogP contribution in [0.3, 0.4) is 0 Å². The van der Waals surface area contributed by atoms with Crippen molar-refractivity contribution in [2.45, 2.75) is 19.4 Å². The maximum atomic E-state index is 12.5. The number of nitrogens with one attached hydrogen (secondary N) is 1. The zero-order valence-electron chi connectivity index (χ0n) is 17.6. The lowest BCUT2D eigenvalue weighted by Gasteiger charge is -2.14. The molecule has 0 radical (unpaired) electrons. The van der Waals surface area contributed by atoms with E-state index in [-0.39, 0.29) is 19.1 Å². The number of aryl methyl sites for hydroxylation is 1. The van der Waals surface area contributed by atoms with E-state index in [0.29, 0.717) is 28.1 Å². The van der Waals surface area contributed by atoms with Gasteiger partial charge in [0, 0.05) is 16.1 Å². The Bertz CT molecular complexity index is 1160. The molecule has 9 nitrogen and oxygen atoms in total. The number of methoxy groups -OCH3 is 1. The van der Waals surface area contributed by atoms with Crippen LogP contribution in [0, 0.1) is 6.92 Å². The molecule has 2 N–H and O–H groups in total. The molecule has 32 heavy (non-hydrogen) atoms. The lowest BCUT2D eigenvalue weighted by molar-refractivity contribution is -0.124. The van der Waals surface area contributed by atoms with Crippen LogP contribution in [0.4, 0.5) is 0 Å². The van der Waals surface area contributed by atoms with Gasteiger partial charge >= 0.3 is 0 Å². The number of rotatable bonds is 7. The Morgan fingerprint density at radius 2 is 2.00 bits per heavy atom. The molecule has 1 aliphatic rings. The van der Waals surface area contributed by atoms with Gasteiger partial charge in [-0.25, -0.2) is 0 Å². The predicted octanol–water partition coefficient (Wildman–Crippen LogP) is 2.56. The van der Waals surface area contributed by atoms with Gasteiger partial charge in [0.05, 0.1) is 24.9 Å². The van der Waals surface area contributed by atoms with Crippen LogP contribution in [0.25, 0.3) is 5.69 Å². The molecule has 4 rings (SSSR count). The molecule has 166 valence electrons. The first-order valence-corrected chi connectivity index (χ1v) is 10.3. The fourth-order valence-corrected chi connectivity index (χ4v) is 3.73. The molecule has 0 bridgehead atoms. The average Bonchev–Trinajstić information content (AvgIpc) is 3.12. The molecule has 1 amide bonds. The number of carbonyl (C=O) groups is 1. The number of ether oxygens (including phenoxy) is 2. The van der Waals surface area contributed by atoms with Crippen molar-refractivity contribution < 1.29 is 19.4 Å². The second kappa shape index (κ2) is 9.47. The molecule has 0 fully saturated rings. The standard InChI is InChI=1S/C22H22ClN5O4/c1-13-26-27-22-18(10-20(30)24-11-32-12-29)25-21(14-3-5-15(23)6-4-14)17-9-16(31-2)7-8-19(17)28(13)22/h3-9,18,29H,10-12H2,1-2H3,(H,24,30)/t18-/m0/s1. The van der Waals surface area contributed by atoms with E-state index in [9.17, 15) is 4.79 Å². The molecular weight excluding hydrogens is 434 g/mol. The number of amides is 1. The third-order valence-corrected chi connectivity index (χ3v) is 5.34. The highest BCUT2D eigenvalue weighted by Gasteiger charge is 2.30. The lowest BCUT2D eigenvalue weighted by atomic mass is 10.00. The fourth-order valence-electron chi connectivity index (χ4n) is 3.60. The van der Waals surface area contributed by atoms with Gasteiger partial charge in [-0.05, 0) is 37.3 Å². The number of benzene rings is 2. The minimum absolute atomic E-state index is 0.0230. The molecule has 2 heterocycles. The molecule has 0 saturated carbocycles. The largest absolute Gasteiger partial charge is 0.497 e. The molecule has 2 aromatic carbocycles. The van der Waals surface area contributed by atoms with Gasteiger partial charge in [0.1, 0.15) is 31.1 Å². The number of hydrogen-bond acceptors (Lipinski definition) is 7. The third kappa shape index (κ3) is 4.36. The summed E-state index contributed by atoms with van der Waals surface area (Å²) in [4.78, 5) is 17.5. The Morgan fingerprint density at radius 1 is 1.22 bits per heavy atom. The van der Waals surface area contributed by atoms with Crippen molar-refractivity contribution in [3.8, 4) is 11.4 Å². The number of nitrogens with zero attached hydrogens (tertiary/aromatic N) is 4. The van der Waals surface area contributed by atoms with Gasteiger partial charge in [0.15, 0.2) is 5.82 Å². The van der Waals surface area contributed by atoms with E-state index in [1.54, 1.807) is 19.2 Å². The Hall–Kier alpha value is -3.27. The molecule has 1 atom stereocenters. The SMILES string of the molecule is COc1ccc2c(c1)C(c1ccc(Cl)cc1)=N[C@@H](CC(=O)NCOCO)c1nnc(C)n1-2. The first-order valence-electron chi connectivity index (χ1n) is 9.91. The van der Waals surface area contributed by atoms with E-state index in [1.807, 2.05) is 41.8 Å². The zero-order valence-corrected chi connectivity index (χ0v) is 18.3. The number of carbonyl (C=O) groups excluding carboxylic acids is 1. The second-order valence-electron chi connectivity index (χ2n) is 7.11. The number of aliphatic hydroxyl groups excluding tert-OH is 1. The molecule has 1 aliphatic heterocycles. The van der Waals surface area contributed by atoms with Crippen molar-refractivity contribution in [1.29, 1.82) is 0 Å². The summed E-state index contributed by atoms with van der Waals surface area (Å²) in [5, 5.41) is 20.5. The summed E-state index contributed by atoms with van der Waals surface area (Å²) in [7, 11) is 1.61. The monoisotopic (exact) mass is 455 g/mol. The van der Waals surface area contributed by atoms with E-state index in [1.165, 1.54) is 0 Å². The molecule has 0 saturated heterocycles. The zero-order chi connectivity index (χ0) is 22.7. The molecule has 0 unspecified atom stereocenters. The van der Waals surface area contributed by atoms with E-state index in [2.05, 4.69) is 15.5 Å². The molecule has 3 aromatic rings. The third-order valence-electron chi connectivity index (χ3n) is 5.09. The first kappa shape index (κ1) is 21.9. The van der Waals surface area contributed by atoms with Gasteiger partial charge in [-0.3, -0.25) is 14.4 Å². The van der Waals surface area contributed by atoms with Crippen LogP contribution in [0.2, 0.25) is 5.02 Å². The van der Waals surface area contributed by atoms with E-state index < -0.39 is 12.8 Å². The number of aromatic nitrogens is 3. The quantitative estimate of drug-likeness (QED) is 0.418. The van der Waals surface area contributed by atoms with Crippen molar-refractivity contribution in [3.63, 3.8) is 0 Å². The van der Waals surface area contributed by atoms with Gasteiger partial charge in [0.25, 0.3) is 0 Å². The van der Waals surface area contributed by atoms with Gasteiger partial charge in [-0.2, -0.15) is 0 Å². The summed E-state index contributed by atoms with van der Waals surface area (Å²) in [6, 6.07) is 12.5. The van der Waals surface area contributed by atoms with Crippen molar-refractivity contribution in [2.75, 3.05) is 20.6 Å². The van der Waals surface area contributed by atoms with Crippen LogP contribution < -0.4 is 10.1 Å². The minimum atomic E-state index is -0.602. The highest BCUT2D eigenvalue weighted by Crippen LogP contribution is 2.34. The van der Waals surface area contributed by atoms with E-state index in [4.69, 9.17) is 31.2 Å². The highest BCUT2D eigenvalue weighted by atomic mass is 35.5. The number of halogens is 1. The smallest absolute Gasteiger partial charge is 0.224 e.